The smallest absolute Gasteiger partial charge is 0.410 e. The maximum atomic E-state index is 12.9. The molecule has 142 valence electrons. The van der Waals surface area contributed by atoms with Gasteiger partial charge in [-0.15, -0.1) is 0 Å². The van der Waals surface area contributed by atoms with Crippen LogP contribution in [0.5, 0.6) is 5.75 Å². The Labute approximate surface area is 157 Å². The molecule has 2 aliphatic rings. The first-order valence-corrected chi connectivity index (χ1v) is 8.95. The topological polar surface area (TPSA) is 72.2 Å². The number of ether oxygens (including phenoxy) is 2. The second kappa shape index (κ2) is 6.64. The lowest BCUT2D eigenvalue weighted by molar-refractivity contribution is 0.0551. The van der Waals surface area contributed by atoms with Gasteiger partial charge in [-0.25, -0.2) is 4.79 Å². The van der Waals surface area contributed by atoms with Gasteiger partial charge in [-0.05, 0) is 25.1 Å². The number of likely N-dealkylation sites (N-methyl/N-ethyl adjacent to an activating group) is 1. The zero-order valence-corrected chi connectivity index (χ0v) is 15.4. The molecule has 1 spiro atoms. The molecule has 0 N–H and O–H groups in total. The highest BCUT2D eigenvalue weighted by Crippen LogP contribution is 2.33. The van der Waals surface area contributed by atoms with Gasteiger partial charge in [0.15, 0.2) is 11.4 Å². The molecule has 2 aliphatic heterocycles. The number of amides is 2. The molecule has 0 unspecified atom stereocenters. The summed E-state index contributed by atoms with van der Waals surface area (Å²) in [6.45, 7) is 3.63. The molecular formula is C20H22N2O5. The predicted octanol–water partition coefficient (Wildman–Crippen LogP) is 2.83. The number of hydrogen-bond acceptors (Lipinski definition) is 5. The second-order valence-electron chi connectivity index (χ2n) is 7.24. The number of aryl methyl sites for hydroxylation is 1. The fourth-order valence-corrected chi connectivity index (χ4v) is 3.62. The van der Waals surface area contributed by atoms with Crippen molar-refractivity contribution in [3.05, 3.63) is 53.5 Å². The van der Waals surface area contributed by atoms with E-state index in [0.717, 1.165) is 11.3 Å². The van der Waals surface area contributed by atoms with Crippen LogP contribution in [0.2, 0.25) is 0 Å². The van der Waals surface area contributed by atoms with E-state index in [1.54, 1.807) is 22.9 Å². The van der Waals surface area contributed by atoms with Crippen LogP contribution in [0, 0.1) is 6.92 Å². The van der Waals surface area contributed by atoms with E-state index in [1.807, 2.05) is 31.2 Å². The zero-order valence-electron chi connectivity index (χ0n) is 15.4. The number of benzene rings is 1. The zero-order chi connectivity index (χ0) is 19.0. The first-order chi connectivity index (χ1) is 13.0. The Balaban J connectivity index is 1.42. The van der Waals surface area contributed by atoms with Crippen LogP contribution in [-0.4, -0.2) is 54.1 Å². The van der Waals surface area contributed by atoms with E-state index in [-0.39, 0.29) is 18.6 Å². The highest BCUT2D eigenvalue weighted by atomic mass is 16.6. The van der Waals surface area contributed by atoms with E-state index >= 15 is 0 Å². The fourth-order valence-electron chi connectivity index (χ4n) is 3.62. The van der Waals surface area contributed by atoms with E-state index in [1.165, 1.54) is 6.26 Å². The Kier molecular flexibility index (Phi) is 4.30. The third-order valence-corrected chi connectivity index (χ3v) is 5.11. The van der Waals surface area contributed by atoms with Gasteiger partial charge in [0.05, 0.1) is 24.9 Å². The van der Waals surface area contributed by atoms with Gasteiger partial charge in [0.2, 0.25) is 0 Å². The van der Waals surface area contributed by atoms with Crippen LogP contribution in [0.3, 0.4) is 0 Å². The number of carbonyl (C=O) groups excluding carboxylic acids is 2. The SMILES string of the molecule is Cc1ccc(OCc2occc2C(=O)N2CC[C@@]3(CN(C)C(=O)O3)C2)cc1. The minimum absolute atomic E-state index is 0.131. The molecule has 2 fully saturated rings. The van der Waals surface area contributed by atoms with E-state index in [4.69, 9.17) is 13.9 Å². The van der Waals surface area contributed by atoms with E-state index in [0.29, 0.717) is 37.4 Å². The predicted molar refractivity (Wildman–Crippen MR) is 96.6 cm³/mol. The van der Waals surface area contributed by atoms with Gasteiger partial charge in [0.1, 0.15) is 12.4 Å². The average molecular weight is 370 g/mol. The summed E-state index contributed by atoms with van der Waals surface area (Å²) in [5, 5.41) is 0. The Hall–Kier alpha value is -2.96. The molecule has 0 aliphatic carbocycles. The lowest BCUT2D eigenvalue weighted by atomic mass is 10.0. The van der Waals surface area contributed by atoms with E-state index in [2.05, 4.69) is 0 Å². The van der Waals surface area contributed by atoms with Crippen molar-refractivity contribution in [3.8, 4) is 5.75 Å². The van der Waals surface area contributed by atoms with Crippen molar-refractivity contribution >= 4 is 12.0 Å². The summed E-state index contributed by atoms with van der Waals surface area (Å²) >= 11 is 0. The van der Waals surface area contributed by atoms with Crippen molar-refractivity contribution in [2.45, 2.75) is 25.6 Å². The summed E-state index contributed by atoms with van der Waals surface area (Å²) in [4.78, 5) is 27.9. The van der Waals surface area contributed by atoms with Crippen LogP contribution >= 0.6 is 0 Å². The summed E-state index contributed by atoms with van der Waals surface area (Å²) in [7, 11) is 1.71. The number of likely N-dealkylation sites (tertiary alicyclic amines) is 1. The molecule has 7 nitrogen and oxygen atoms in total. The van der Waals surface area contributed by atoms with Crippen molar-refractivity contribution < 1.29 is 23.5 Å². The van der Waals surface area contributed by atoms with Crippen molar-refractivity contribution in [3.63, 3.8) is 0 Å². The molecule has 2 aromatic rings. The number of furan rings is 1. The highest BCUT2D eigenvalue weighted by Gasteiger charge is 2.49. The molecule has 3 heterocycles. The molecule has 1 aromatic heterocycles. The molecule has 0 saturated carbocycles. The second-order valence-corrected chi connectivity index (χ2v) is 7.24. The Morgan fingerprint density at radius 1 is 1.22 bits per heavy atom. The fraction of sp³-hybridized carbons (Fsp3) is 0.400. The van der Waals surface area contributed by atoms with Gasteiger partial charge in [-0.3, -0.25) is 4.79 Å². The first-order valence-electron chi connectivity index (χ1n) is 8.95. The Morgan fingerprint density at radius 3 is 2.70 bits per heavy atom. The lowest BCUT2D eigenvalue weighted by Crippen LogP contribution is -2.39. The molecule has 0 radical (unpaired) electrons. The molecule has 27 heavy (non-hydrogen) atoms. The van der Waals surface area contributed by atoms with Gasteiger partial charge in [0.25, 0.3) is 5.91 Å². The third-order valence-electron chi connectivity index (χ3n) is 5.11. The molecule has 0 bridgehead atoms. The minimum atomic E-state index is -0.593. The molecule has 1 atom stereocenters. The Morgan fingerprint density at radius 2 is 2.00 bits per heavy atom. The van der Waals surface area contributed by atoms with Crippen LogP contribution < -0.4 is 4.74 Å². The van der Waals surface area contributed by atoms with Crippen molar-refractivity contribution in [1.82, 2.24) is 9.80 Å². The normalized spacial score (nSPS) is 21.8. The summed E-state index contributed by atoms with van der Waals surface area (Å²) in [5.74, 6) is 1.08. The summed E-state index contributed by atoms with van der Waals surface area (Å²) in [5.41, 5.74) is 1.04. The van der Waals surface area contributed by atoms with Gasteiger partial charge in [-0.1, -0.05) is 17.7 Å². The van der Waals surface area contributed by atoms with Gasteiger partial charge >= 0.3 is 6.09 Å². The minimum Gasteiger partial charge on any atom is -0.486 e. The monoisotopic (exact) mass is 370 g/mol. The molecule has 2 saturated heterocycles. The standard InChI is InChI=1S/C20H22N2O5/c1-14-3-5-15(6-4-14)26-11-17-16(7-10-25-17)18(23)22-9-8-20(13-22)12-21(2)19(24)27-20/h3-7,10H,8-9,11-13H2,1-2H3/t20-/m1/s1. The van der Waals surface area contributed by atoms with Gasteiger partial charge < -0.3 is 23.7 Å². The quantitative estimate of drug-likeness (QED) is 0.828. The third kappa shape index (κ3) is 3.37. The molecular weight excluding hydrogens is 348 g/mol. The van der Waals surface area contributed by atoms with Crippen LogP contribution in [0.25, 0.3) is 0 Å². The van der Waals surface area contributed by atoms with Crippen LogP contribution in [0.1, 0.15) is 28.1 Å². The van der Waals surface area contributed by atoms with Crippen molar-refractivity contribution in [2.75, 3.05) is 26.7 Å². The van der Waals surface area contributed by atoms with E-state index in [9.17, 15) is 9.59 Å². The number of hydrogen-bond donors (Lipinski definition) is 0. The van der Waals surface area contributed by atoms with Crippen molar-refractivity contribution in [2.24, 2.45) is 0 Å². The maximum Gasteiger partial charge on any atom is 0.410 e. The van der Waals surface area contributed by atoms with Crippen molar-refractivity contribution in [1.29, 1.82) is 0 Å². The number of rotatable bonds is 4. The molecule has 4 rings (SSSR count). The first kappa shape index (κ1) is 17.5. The lowest BCUT2D eigenvalue weighted by Gasteiger charge is -2.21. The highest BCUT2D eigenvalue weighted by molar-refractivity contribution is 5.95. The largest absolute Gasteiger partial charge is 0.486 e. The van der Waals surface area contributed by atoms with Crippen LogP contribution in [0.4, 0.5) is 4.79 Å². The summed E-state index contributed by atoms with van der Waals surface area (Å²) in [6, 6.07) is 9.36. The molecule has 7 heteroatoms. The average Bonchev–Trinajstić information content (AvgIpc) is 3.34. The van der Waals surface area contributed by atoms with Crippen LogP contribution in [0.15, 0.2) is 41.0 Å². The molecule has 1 aromatic carbocycles. The number of carbonyl (C=O) groups is 2. The maximum absolute atomic E-state index is 12.9. The number of nitrogens with zero attached hydrogens (tertiary/aromatic N) is 2. The summed E-state index contributed by atoms with van der Waals surface area (Å²) in [6.07, 6.45) is 1.80. The summed E-state index contributed by atoms with van der Waals surface area (Å²) < 4.78 is 16.7. The van der Waals surface area contributed by atoms with E-state index < -0.39 is 5.60 Å². The van der Waals surface area contributed by atoms with Crippen LogP contribution in [-0.2, 0) is 11.3 Å². The van der Waals surface area contributed by atoms with Gasteiger partial charge in [0, 0.05) is 20.0 Å². The molecule has 2 amide bonds. The van der Waals surface area contributed by atoms with Gasteiger partial charge in [-0.2, -0.15) is 0 Å². The Bertz CT molecular complexity index is 860.